The third kappa shape index (κ3) is 4.42. The molecule has 250 valence electrons. The van der Waals surface area contributed by atoms with Gasteiger partial charge in [0, 0.05) is 45.5 Å². The number of ether oxygens (including phenoxy) is 2. The van der Waals surface area contributed by atoms with E-state index in [0.717, 1.165) is 6.07 Å². The lowest BCUT2D eigenvalue weighted by Crippen LogP contribution is -2.35. The zero-order valence-corrected chi connectivity index (χ0v) is 25.5. The van der Waals surface area contributed by atoms with Gasteiger partial charge in [-0.15, -0.1) is 0 Å². The Morgan fingerprint density at radius 3 is 1.49 bits per heavy atom. The number of carbonyl (C=O) groups excluding carboxylic acids is 4. The number of phenolic OH excluding ortho intramolecular Hbond substituents is 5. The predicted molar refractivity (Wildman–Crippen MR) is 165 cm³/mol. The normalized spacial score (nSPS) is 20.9. The third-order valence-corrected chi connectivity index (χ3v) is 8.92. The van der Waals surface area contributed by atoms with E-state index in [2.05, 4.69) is 0 Å². The zero-order valence-electron chi connectivity index (χ0n) is 25.5. The fourth-order valence-electron chi connectivity index (χ4n) is 6.79. The average molecular weight is 671 g/mol. The van der Waals surface area contributed by atoms with Gasteiger partial charge in [-0.25, -0.2) is 0 Å². The number of aromatic hydroxyl groups is 5. The standard InChI is InChI=1S/C35H26O14/c1-10-3-12-21(14(37)5-10)32(45)24-17(40)7-16(39)23(27(24)29(12)42)26-19(48-35-34(47)31(44)20(9-36)49-35)8-18(41)25-28(26)30(43)13-4-11(2)6-15(38)22(13)33(25)46/h3-8,20,31,34-41,44,47H,9H2,1-2H3/t20-,31-,34+,35+/m1/s1. The van der Waals surface area contributed by atoms with Crippen LogP contribution >= 0.6 is 0 Å². The highest BCUT2D eigenvalue weighted by atomic mass is 16.7. The van der Waals surface area contributed by atoms with Crippen LogP contribution in [0.25, 0.3) is 11.1 Å². The van der Waals surface area contributed by atoms with Gasteiger partial charge in [-0.1, -0.05) is 0 Å². The molecule has 7 rings (SSSR count). The minimum Gasteiger partial charge on any atom is -0.507 e. The monoisotopic (exact) mass is 670 g/mol. The fraction of sp³-hybridized carbons (Fsp3) is 0.200. The molecular formula is C35H26O14. The SMILES string of the molecule is Cc1cc(O)c2c(c1)C(=O)c1c(c(O)cc(O)c1-c1c(O[C@H]3O[C@H](CO)[C@@H](O)[C@@H]3O)cc(O)c3c1C(=O)c1cc(C)cc(O)c1C3=O)C2=O. The van der Waals surface area contributed by atoms with Crippen LogP contribution in [0.15, 0.2) is 36.4 Å². The van der Waals surface area contributed by atoms with Crippen molar-refractivity contribution < 1.29 is 69.5 Å². The molecule has 49 heavy (non-hydrogen) atoms. The van der Waals surface area contributed by atoms with Crippen molar-refractivity contribution >= 4 is 23.1 Å². The summed E-state index contributed by atoms with van der Waals surface area (Å²) in [6.07, 6.45) is -6.60. The molecule has 4 aromatic rings. The maximum atomic E-state index is 14.4. The first-order valence-electron chi connectivity index (χ1n) is 14.8. The number of carbonyl (C=O) groups is 4. The van der Waals surface area contributed by atoms with Gasteiger partial charge in [-0.3, -0.25) is 19.2 Å². The van der Waals surface area contributed by atoms with Crippen LogP contribution in [0.3, 0.4) is 0 Å². The molecular weight excluding hydrogens is 644 g/mol. The van der Waals surface area contributed by atoms with Crippen LogP contribution in [-0.4, -0.2) is 95.2 Å². The number of phenols is 5. The molecule has 1 fully saturated rings. The lowest BCUT2D eigenvalue weighted by atomic mass is 9.74. The van der Waals surface area contributed by atoms with Crippen LogP contribution in [0.1, 0.15) is 74.8 Å². The third-order valence-electron chi connectivity index (χ3n) is 8.92. The molecule has 2 aliphatic carbocycles. The van der Waals surface area contributed by atoms with Crippen molar-refractivity contribution in [1.82, 2.24) is 0 Å². The molecule has 0 bridgehead atoms. The number of benzene rings is 4. The number of aryl methyl sites for hydroxylation is 2. The summed E-state index contributed by atoms with van der Waals surface area (Å²) in [5.41, 5.74) is -4.60. The van der Waals surface area contributed by atoms with Gasteiger partial charge >= 0.3 is 0 Å². The van der Waals surface area contributed by atoms with E-state index >= 15 is 0 Å². The van der Waals surface area contributed by atoms with Gasteiger partial charge in [0.15, 0.2) is 11.6 Å². The lowest BCUT2D eigenvalue weighted by molar-refractivity contribution is -0.116. The Hall–Kier alpha value is -5.80. The maximum Gasteiger partial charge on any atom is 0.229 e. The summed E-state index contributed by atoms with van der Waals surface area (Å²) < 4.78 is 11.3. The Morgan fingerprint density at radius 2 is 1.00 bits per heavy atom. The molecule has 14 nitrogen and oxygen atoms in total. The first-order valence-corrected chi connectivity index (χ1v) is 14.8. The van der Waals surface area contributed by atoms with Crippen LogP contribution in [0.4, 0.5) is 0 Å². The second kappa shape index (κ2) is 10.9. The van der Waals surface area contributed by atoms with E-state index in [1.54, 1.807) is 0 Å². The number of fused-ring (bicyclic) bond motifs is 4. The number of aliphatic hydroxyl groups excluding tert-OH is 3. The van der Waals surface area contributed by atoms with Crippen LogP contribution in [-0.2, 0) is 4.74 Å². The largest absolute Gasteiger partial charge is 0.507 e. The second-order valence-corrected chi connectivity index (χ2v) is 12.1. The smallest absolute Gasteiger partial charge is 0.229 e. The van der Waals surface area contributed by atoms with Crippen molar-refractivity contribution in [3.8, 4) is 45.6 Å². The van der Waals surface area contributed by atoms with Gasteiger partial charge in [0.25, 0.3) is 0 Å². The van der Waals surface area contributed by atoms with Gasteiger partial charge in [-0.05, 0) is 49.2 Å². The highest BCUT2D eigenvalue weighted by Crippen LogP contribution is 2.53. The summed E-state index contributed by atoms with van der Waals surface area (Å²) >= 11 is 0. The summed E-state index contributed by atoms with van der Waals surface area (Å²) in [7, 11) is 0. The van der Waals surface area contributed by atoms with Gasteiger partial charge in [0.05, 0.1) is 28.9 Å². The molecule has 3 aliphatic rings. The van der Waals surface area contributed by atoms with Crippen molar-refractivity contribution in [1.29, 1.82) is 0 Å². The second-order valence-electron chi connectivity index (χ2n) is 12.1. The van der Waals surface area contributed by atoms with Crippen LogP contribution in [0, 0.1) is 13.8 Å². The van der Waals surface area contributed by atoms with E-state index < -0.39 is 133 Å². The number of ketones is 4. The van der Waals surface area contributed by atoms with Gasteiger partial charge < -0.3 is 50.3 Å². The molecule has 1 heterocycles. The first-order chi connectivity index (χ1) is 23.2. The van der Waals surface area contributed by atoms with E-state index in [1.807, 2.05) is 0 Å². The summed E-state index contributed by atoms with van der Waals surface area (Å²) in [5.74, 6) is -8.39. The van der Waals surface area contributed by atoms with Gasteiger partial charge in [-0.2, -0.15) is 0 Å². The van der Waals surface area contributed by atoms with Crippen LogP contribution < -0.4 is 4.74 Å². The fourth-order valence-corrected chi connectivity index (χ4v) is 6.79. The summed E-state index contributed by atoms with van der Waals surface area (Å²) in [6.45, 7) is 2.33. The zero-order chi connectivity index (χ0) is 35.4. The predicted octanol–water partition coefficient (Wildman–Crippen LogP) is 1.87. The Bertz CT molecular complexity index is 2220. The van der Waals surface area contributed by atoms with Crippen LogP contribution in [0.2, 0.25) is 0 Å². The minimum atomic E-state index is -1.82. The summed E-state index contributed by atoms with van der Waals surface area (Å²) in [4.78, 5) is 56.4. The summed E-state index contributed by atoms with van der Waals surface area (Å²) in [5, 5.41) is 85.5. The molecule has 8 N–H and O–H groups in total. The minimum absolute atomic E-state index is 0.312. The lowest BCUT2D eigenvalue weighted by Gasteiger charge is -2.28. The number of hydrogen-bond donors (Lipinski definition) is 8. The van der Waals surface area contributed by atoms with Crippen molar-refractivity contribution in [2.45, 2.75) is 38.4 Å². The van der Waals surface area contributed by atoms with E-state index in [1.165, 1.54) is 38.1 Å². The van der Waals surface area contributed by atoms with Crippen molar-refractivity contribution in [2.24, 2.45) is 0 Å². The van der Waals surface area contributed by atoms with E-state index in [-0.39, 0.29) is 11.1 Å². The molecule has 1 saturated heterocycles. The first kappa shape index (κ1) is 31.8. The molecule has 4 atom stereocenters. The van der Waals surface area contributed by atoms with E-state index in [0.29, 0.717) is 17.2 Å². The molecule has 0 amide bonds. The van der Waals surface area contributed by atoms with Crippen molar-refractivity contribution in [2.75, 3.05) is 6.61 Å². The Morgan fingerprint density at radius 1 is 0.551 bits per heavy atom. The average Bonchev–Trinajstić information content (AvgIpc) is 3.29. The molecule has 0 saturated carbocycles. The molecule has 0 aromatic heterocycles. The Kier molecular flexibility index (Phi) is 7.05. The maximum absolute atomic E-state index is 14.4. The van der Waals surface area contributed by atoms with Crippen molar-refractivity contribution in [3.63, 3.8) is 0 Å². The number of hydrogen-bond acceptors (Lipinski definition) is 14. The Balaban J connectivity index is 1.59. The molecule has 1 aliphatic heterocycles. The van der Waals surface area contributed by atoms with E-state index in [9.17, 15) is 60.0 Å². The molecule has 0 unspecified atom stereocenters. The van der Waals surface area contributed by atoms with Crippen molar-refractivity contribution in [3.05, 3.63) is 92.0 Å². The molecule has 4 aromatic carbocycles. The quantitative estimate of drug-likeness (QED) is 0.133. The number of aliphatic hydroxyl groups is 3. The molecule has 0 radical (unpaired) electrons. The Labute approximate surface area is 275 Å². The highest BCUT2D eigenvalue weighted by molar-refractivity contribution is 6.35. The van der Waals surface area contributed by atoms with Gasteiger partial charge in [0.1, 0.15) is 52.8 Å². The van der Waals surface area contributed by atoms with Crippen LogP contribution in [0.5, 0.6) is 34.5 Å². The topological polar surface area (TPSA) is 249 Å². The van der Waals surface area contributed by atoms with Gasteiger partial charge in [0.2, 0.25) is 17.9 Å². The van der Waals surface area contributed by atoms with E-state index in [4.69, 9.17) is 9.47 Å². The molecule has 14 heteroatoms. The summed E-state index contributed by atoms with van der Waals surface area (Å²) in [6, 6.07) is 6.55. The number of rotatable bonds is 4. The highest BCUT2D eigenvalue weighted by Gasteiger charge is 2.47. The molecule has 0 spiro atoms.